The molecule has 7 atom stereocenters. The van der Waals surface area contributed by atoms with E-state index in [1.165, 1.54) is 0 Å². The molecule has 0 aliphatic carbocycles. The van der Waals surface area contributed by atoms with Crippen molar-refractivity contribution in [3.05, 3.63) is 120 Å². The van der Waals surface area contributed by atoms with Gasteiger partial charge in [0.2, 0.25) is 5.91 Å². The van der Waals surface area contributed by atoms with Crippen molar-refractivity contribution >= 4 is 5.91 Å². The Hall–Kier alpha value is -3.37. The van der Waals surface area contributed by atoms with E-state index in [2.05, 4.69) is 19.2 Å². The second-order valence-corrected chi connectivity index (χ2v) is 12.3. The fourth-order valence-corrected chi connectivity index (χ4v) is 5.91. The van der Waals surface area contributed by atoms with E-state index >= 15 is 0 Å². The Morgan fingerprint density at radius 1 is 0.681 bits per heavy atom. The first-order chi connectivity index (χ1) is 23.1. The summed E-state index contributed by atoms with van der Waals surface area (Å²) in [4.78, 5) is 13.7. The van der Waals surface area contributed by atoms with E-state index in [9.17, 15) is 4.79 Å². The summed E-state index contributed by atoms with van der Waals surface area (Å²) in [6, 6.07) is 30.0. The number of hydrogen-bond acceptors (Lipinski definition) is 7. The van der Waals surface area contributed by atoms with Crippen LogP contribution in [-0.4, -0.2) is 68.9 Å². The van der Waals surface area contributed by atoms with E-state index in [0.29, 0.717) is 39.6 Å². The maximum absolute atomic E-state index is 13.7. The Morgan fingerprint density at radius 3 is 1.66 bits per heavy atom. The normalized spacial score (nSPS) is 27.1. The van der Waals surface area contributed by atoms with Crippen LogP contribution in [0.25, 0.3) is 0 Å². The molecule has 1 N–H and O–H groups in total. The highest BCUT2D eigenvalue weighted by Gasteiger charge is 2.49. The summed E-state index contributed by atoms with van der Waals surface area (Å²) in [5, 5.41) is 3.24. The molecule has 47 heavy (non-hydrogen) atoms. The zero-order chi connectivity index (χ0) is 32.7. The van der Waals surface area contributed by atoms with E-state index in [1.54, 1.807) is 0 Å². The van der Waals surface area contributed by atoms with E-state index in [0.717, 1.165) is 23.1 Å². The van der Waals surface area contributed by atoms with Crippen LogP contribution in [0.2, 0.25) is 0 Å². The topological polar surface area (TPSA) is 84.5 Å². The lowest BCUT2D eigenvalue weighted by Gasteiger charge is -2.46. The number of hydrogen-bond donors (Lipinski definition) is 1. The molecule has 2 aliphatic heterocycles. The lowest BCUT2D eigenvalue weighted by atomic mass is 9.92. The third kappa shape index (κ3) is 10.8. The molecule has 0 aromatic heterocycles. The SMILES string of the molecule is CC[C@H](C)[C@H]1COC/C=C/COC[C@H]2O[C@H](CC(=O)N1)[C@H](OCc1ccccc1)[C@@H](OCc1ccccc1)[C@@H]2OCc1ccccc1. The molecule has 252 valence electrons. The van der Waals surface area contributed by atoms with Crippen molar-refractivity contribution in [1.29, 1.82) is 0 Å². The van der Waals surface area contributed by atoms with Gasteiger partial charge in [0.15, 0.2) is 0 Å². The van der Waals surface area contributed by atoms with E-state index in [-0.39, 0.29) is 30.9 Å². The molecule has 1 saturated heterocycles. The summed E-state index contributed by atoms with van der Waals surface area (Å²) in [5.74, 6) is 0.123. The molecule has 1 amide bonds. The van der Waals surface area contributed by atoms with Crippen molar-refractivity contribution in [1.82, 2.24) is 5.32 Å². The van der Waals surface area contributed by atoms with Crippen LogP contribution in [0.15, 0.2) is 103 Å². The molecule has 0 unspecified atom stereocenters. The maximum atomic E-state index is 13.7. The minimum Gasteiger partial charge on any atom is -0.375 e. The van der Waals surface area contributed by atoms with Crippen LogP contribution in [-0.2, 0) is 53.0 Å². The number of ether oxygens (including phenoxy) is 6. The van der Waals surface area contributed by atoms with Crippen LogP contribution in [0.3, 0.4) is 0 Å². The molecule has 0 spiro atoms. The Morgan fingerprint density at radius 2 is 1.15 bits per heavy atom. The van der Waals surface area contributed by atoms with Gasteiger partial charge in [-0.05, 0) is 22.6 Å². The predicted octanol–water partition coefficient (Wildman–Crippen LogP) is 6.03. The lowest BCUT2D eigenvalue weighted by Crippen LogP contribution is -2.62. The van der Waals surface area contributed by atoms with Gasteiger partial charge in [0.25, 0.3) is 0 Å². The highest BCUT2D eigenvalue weighted by atomic mass is 16.6. The van der Waals surface area contributed by atoms with Gasteiger partial charge in [-0.3, -0.25) is 4.79 Å². The van der Waals surface area contributed by atoms with Crippen LogP contribution in [0, 0.1) is 5.92 Å². The van der Waals surface area contributed by atoms with Crippen LogP contribution in [0.1, 0.15) is 43.4 Å². The summed E-state index contributed by atoms with van der Waals surface area (Å²) in [6.45, 7) is 6.83. The molecule has 3 aromatic rings. The first kappa shape index (κ1) is 35.0. The molecule has 0 saturated carbocycles. The van der Waals surface area contributed by atoms with Crippen molar-refractivity contribution in [3.8, 4) is 0 Å². The first-order valence-corrected chi connectivity index (χ1v) is 16.8. The third-order valence-electron chi connectivity index (χ3n) is 8.82. The van der Waals surface area contributed by atoms with Gasteiger partial charge in [-0.25, -0.2) is 0 Å². The van der Waals surface area contributed by atoms with Crippen LogP contribution < -0.4 is 5.32 Å². The van der Waals surface area contributed by atoms with Gasteiger partial charge in [-0.2, -0.15) is 0 Å². The van der Waals surface area contributed by atoms with Crippen molar-refractivity contribution in [2.75, 3.05) is 26.4 Å². The second-order valence-electron chi connectivity index (χ2n) is 12.3. The minimum atomic E-state index is -0.608. The number of amides is 1. The zero-order valence-corrected chi connectivity index (χ0v) is 27.6. The molecule has 1 fully saturated rings. The smallest absolute Gasteiger partial charge is 0.223 e. The molecule has 2 aliphatic rings. The highest BCUT2D eigenvalue weighted by Crippen LogP contribution is 2.32. The predicted molar refractivity (Wildman–Crippen MR) is 180 cm³/mol. The van der Waals surface area contributed by atoms with Crippen LogP contribution in [0.4, 0.5) is 0 Å². The summed E-state index contributed by atoms with van der Waals surface area (Å²) in [6.07, 6.45) is 2.11. The van der Waals surface area contributed by atoms with Crippen molar-refractivity contribution < 1.29 is 33.2 Å². The summed E-state index contributed by atoms with van der Waals surface area (Å²) < 4.78 is 38.9. The van der Waals surface area contributed by atoms with Gasteiger partial charge in [0.1, 0.15) is 24.4 Å². The number of nitrogens with one attached hydrogen (secondary N) is 1. The van der Waals surface area contributed by atoms with E-state index < -0.39 is 30.5 Å². The molecule has 5 rings (SSSR count). The Bertz CT molecular complexity index is 1340. The van der Waals surface area contributed by atoms with E-state index in [4.69, 9.17) is 28.4 Å². The van der Waals surface area contributed by atoms with Crippen LogP contribution in [0.5, 0.6) is 0 Å². The Balaban J connectivity index is 1.47. The monoisotopic (exact) mass is 643 g/mol. The standard InChI is InChI=1S/C39H49NO7/c1-3-29(2)33-27-42-21-13-14-22-43-28-35-38(45-25-31-17-9-5-10-18-31)39(46-26-32-19-11-6-12-20-32)37(34(47-35)23-36(41)40-33)44-24-30-15-7-4-8-16-30/h4-20,29,33-35,37-39H,3,21-28H2,1-2H3,(H,40,41)/b14-13+/t29-,33+,34+,35+,37-,38+,39+/m0/s1. The summed E-state index contributed by atoms with van der Waals surface area (Å²) >= 11 is 0. The number of carbonyl (C=O) groups is 1. The molecular formula is C39H49NO7. The first-order valence-electron chi connectivity index (χ1n) is 16.8. The van der Waals surface area contributed by atoms with Gasteiger partial charge >= 0.3 is 0 Å². The van der Waals surface area contributed by atoms with Gasteiger partial charge in [-0.15, -0.1) is 0 Å². The van der Waals surface area contributed by atoms with Gasteiger partial charge in [0, 0.05) is 0 Å². The van der Waals surface area contributed by atoms with Crippen molar-refractivity contribution in [2.45, 2.75) is 83.1 Å². The molecule has 8 heteroatoms. The zero-order valence-electron chi connectivity index (χ0n) is 27.6. The quantitative estimate of drug-likeness (QED) is 0.255. The lowest BCUT2D eigenvalue weighted by molar-refractivity contribution is -0.271. The number of rotatable bonds is 11. The third-order valence-corrected chi connectivity index (χ3v) is 8.82. The number of fused-ring (bicyclic) bond motifs is 2. The number of benzene rings is 3. The Labute approximate surface area is 279 Å². The highest BCUT2D eigenvalue weighted by molar-refractivity contribution is 5.77. The van der Waals surface area contributed by atoms with E-state index in [1.807, 2.05) is 103 Å². The fourth-order valence-electron chi connectivity index (χ4n) is 5.91. The largest absolute Gasteiger partial charge is 0.375 e. The summed E-state index contributed by atoms with van der Waals surface area (Å²) in [7, 11) is 0. The van der Waals surface area contributed by atoms with Gasteiger partial charge in [-0.1, -0.05) is 123 Å². The second kappa shape index (κ2) is 18.8. The number of carbonyl (C=O) groups excluding carboxylic acids is 1. The molecule has 2 heterocycles. The van der Waals surface area contributed by atoms with Gasteiger partial charge in [0.05, 0.1) is 64.8 Å². The van der Waals surface area contributed by atoms with Crippen molar-refractivity contribution in [3.63, 3.8) is 0 Å². The molecule has 3 aromatic carbocycles. The molecule has 0 radical (unpaired) electrons. The minimum absolute atomic E-state index is 0.0950. The van der Waals surface area contributed by atoms with Gasteiger partial charge < -0.3 is 33.7 Å². The fraction of sp³-hybridized carbons (Fsp3) is 0.462. The van der Waals surface area contributed by atoms with Crippen molar-refractivity contribution in [2.24, 2.45) is 5.92 Å². The average Bonchev–Trinajstić information content (AvgIpc) is 3.11. The average molecular weight is 644 g/mol. The summed E-state index contributed by atoms with van der Waals surface area (Å²) in [5.41, 5.74) is 3.09. The maximum Gasteiger partial charge on any atom is 0.223 e. The molecule has 8 nitrogen and oxygen atoms in total. The molecule has 2 bridgehead atoms. The molecular weight excluding hydrogens is 594 g/mol. The van der Waals surface area contributed by atoms with Crippen LogP contribution >= 0.6 is 0 Å². The Kier molecular flexibility index (Phi) is 14.0.